The summed E-state index contributed by atoms with van der Waals surface area (Å²) in [5.41, 5.74) is 0.849. The van der Waals surface area contributed by atoms with Gasteiger partial charge in [0.15, 0.2) is 0 Å². The number of likely N-dealkylation sites (tertiary alicyclic amines) is 1. The Hall–Kier alpha value is -2.21. The van der Waals surface area contributed by atoms with Gasteiger partial charge in [-0.15, -0.1) is 0 Å². The molecule has 0 saturated carbocycles. The third-order valence-electron chi connectivity index (χ3n) is 4.16. The molecule has 5 nitrogen and oxygen atoms in total. The molecule has 0 spiro atoms. The Morgan fingerprint density at radius 1 is 1.36 bits per heavy atom. The molecule has 1 aliphatic heterocycles. The van der Waals surface area contributed by atoms with Gasteiger partial charge in [0.05, 0.1) is 11.6 Å². The largest absolute Gasteiger partial charge is 0.458 e. The van der Waals surface area contributed by atoms with Gasteiger partial charge in [0.1, 0.15) is 11.9 Å². The van der Waals surface area contributed by atoms with E-state index < -0.39 is 5.82 Å². The number of nitrogens with zero attached hydrogens (tertiary/aromatic N) is 3. The average molecular weight is 364 g/mol. The van der Waals surface area contributed by atoms with Crippen LogP contribution in [0.5, 0.6) is 6.01 Å². The number of aromatic nitrogens is 2. The highest BCUT2D eigenvalue weighted by molar-refractivity contribution is 6.30. The van der Waals surface area contributed by atoms with Crippen LogP contribution in [0.25, 0.3) is 0 Å². The van der Waals surface area contributed by atoms with Crippen molar-refractivity contribution in [2.75, 3.05) is 13.1 Å². The summed E-state index contributed by atoms with van der Waals surface area (Å²) in [6.07, 6.45) is 5.80. The van der Waals surface area contributed by atoms with Crippen LogP contribution in [-0.4, -0.2) is 40.0 Å². The molecule has 1 fully saturated rings. The van der Waals surface area contributed by atoms with Gasteiger partial charge in [0.2, 0.25) is 5.91 Å². The van der Waals surface area contributed by atoms with Gasteiger partial charge in [-0.25, -0.2) is 14.4 Å². The number of halogens is 2. The third kappa shape index (κ3) is 4.89. The van der Waals surface area contributed by atoms with Crippen molar-refractivity contribution < 1.29 is 13.9 Å². The van der Waals surface area contributed by atoms with Gasteiger partial charge in [-0.1, -0.05) is 17.7 Å². The zero-order chi connectivity index (χ0) is 17.6. The van der Waals surface area contributed by atoms with Crippen LogP contribution < -0.4 is 4.74 Å². The maximum absolute atomic E-state index is 13.2. The summed E-state index contributed by atoms with van der Waals surface area (Å²) in [4.78, 5) is 22.4. The van der Waals surface area contributed by atoms with Crippen LogP contribution in [0.3, 0.4) is 0 Å². The van der Waals surface area contributed by atoms with E-state index in [0.29, 0.717) is 25.4 Å². The lowest BCUT2D eigenvalue weighted by Gasteiger charge is -2.32. The lowest BCUT2D eigenvalue weighted by molar-refractivity contribution is -0.133. The molecule has 1 unspecified atom stereocenters. The lowest BCUT2D eigenvalue weighted by Crippen LogP contribution is -2.44. The second-order valence-electron chi connectivity index (χ2n) is 6.00. The molecule has 1 atom stereocenters. The normalized spacial score (nSPS) is 17.4. The second-order valence-corrected chi connectivity index (χ2v) is 6.41. The summed E-state index contributed by atoms with van der Waals surface area (Å²) < 4.78 is 18.9. The van der Waals surface area contributed by atoms with E-state index >= 15 is 0 Å². The van der Waals surface area contributed by atoms with Crippen molar-refractivity contribution in [3.63, 3.8) is 0 Å². The number of piperidine rings is 1. The standard InChI is InChI=1S/C18H19ClFN3O2/c19-15-11-13(4-6-16(15)20)5-7-17(24)23-10-1-3-14(12-23)25-18-21-8-2-9-22-18/h2,4,6,8-9,11,14H,1,3,5,7,10,12H2. The molecule has 25 heavy (non-hydrogen) atoms. The SMILES string of the molecule is O=C(CCc1ccc(F)c(Cl)c1)N1CCCC(Oc2ncccn2)C1. The minimum absolute atomic E-state index is 0.0581. The van der Waals surface area contributed by atoms with Crippen LogP contribution in [-0.2, 0) is 11.2 Å². The van der Waals surface area contributed by atoms with E-state index in [4.69, 9.17) is 16.3 Å². The first kappa shape index (κ1) is 17.6. The zero-order valence-corrected chi connectivity index (χ0v) is 14.5. The van der Waals surface area contributed by atoms with Crippen molar-refractivity contribution in [2.24, 2.45) is 0 Å². The summed E-state index contributed by atoms with van der Waals surface area (Å²) in [7, 11) is 0. The van der Waals surface area contributed by atoms with E-state index in [-0.39, 0.29) is 17.0 Å². The number of benzene rings is 1. The molecule has 0 aliphatic carbocycles. The van der Waals surface area contributed by atoms with Crippen LogP contribution >= 0.6 is 11.6 Å². The topological polar surface area (TPSA) is 55.3 Å². The molecule has 7 heteroatoms. The molecule has 0 radical (unpaired) electrons. The molecule has 1 aliphatic rings. The molecule has 0 bridgehead atoms. The van der Waals surface area contributed by atoms with Crippen LogP contribution in [0.1, 0.15) is 24.8 Å². The first-order chi connectivity index (χ1) is 12.1. The van der Waals surface area contributed by atoms with Gasteiger partial charge in [-0.2, -0.15) is 0 Å². The number of rotatable bonds is 5. The number of amides is 1. The number of hydrogen-bond donors (Lipinski definition) is 0. The molecule has 0 N–H and O–H groups in total. The number of aryl methyl sites for hydroxylation is 1. The van der Waals surface area contributed by atoms with Gasteiger partial charge in [-0.3, -0.25) is 4.79 Å². The molecule has 1 aromatic carbocycles. The Morgan fingerprint density at radius 3 is 2.92 bits per heavy atom. The van der Waals surface area contributed by atoms with Crippen LogP contribution in [0.4, 0.5) is 4.39 Å². The maximum atomic E-state index is 13.2. The summed E-state index contributed by atoms with van der Waals surface area (Å²) >= 11 is 5.78. The van der Waals surface area contributed by atoms with Gasteiger partial charge < -0.3 is 9.64 Å². The minimum atomic E-state index is -0.448. The molecular weight excluding hydrogens is 345 g/mol. The second kappa shape index (κ2) is 8.25. The first-order valence-electron chi connectivity index (χ1n) is 8.27. The van der Waals surface area contributed by atoms with Gasteiger partial charge in [0, 0.05) is 25.4 Å². The molecular formula is C18H19ClFN3O2. The molecule has 1 aromatic heterocycles. The molecule has 1 saturated heterocycles. The van der Waals surface area contributed by atoms with Crippen LogP contribution in [0, 0.1) is 5.82 Å². The van der Waals surface area contributed by atoms with E-state index in [1.165, 1.54) is 6.07 Å². The summed E-state index contributed by atoms with van der Waals surface area (Å²) in [5.74, 6) is -0.390. The Bertz CT molecular complexity index is 730. The molecule has 3 rings (SSSR count). The van der Waals surface area contributed by atoms with Crippen molar-refractivity contribution in [1.82, 2.24) is 14.9 Å². The first-order valence-corrected chi connectivity index (χ1v) is 8.65. The maximum Gasteiger partial charge on any atom is 0.316 e. The Labute approximate surface area is 150 Å². The van der Waals surface area contributed by atoms with E-state index in [1.54, 1.807) is 30.6 Å². The predicted octanol–water partition coefficient (Wildman–Crippen LogP) is 3.27. The highest BCUT2D eigenvalue weighted by atomic mass is 35.5. The molecule has 2 heterocycles. The Balaban J connectivity index is 1.52. The van der Waals surface area contributed by atoms with Gasteiger partial charge in [-0.05, 0) is 43.0 Å². The number of ether oxygens (including phenoxy) is 1. The summed E-state index contributed by atoms with van der Waals surface area (Å²) in [6.45, 7) is 1.25. The smallest absolute Gasteiger partial charge is 0.316 e. The van der Waals surface area contributed by atoms with Crippen molar-refractivity contribution in [1.29, 1.82) is 0 Å². The molecule has 2 aromatic rings. The quantitative estimate of drug-likeness (QED) is 0.818. The Morgan fingerprint density at radius 2 is 2.16 bits per heavy atom. The zero-order valence-electron chi connectivity index (χ0n) is 13.7. The molecule has 1 amide bonds. The fraction of sp³-hybridized carbons (Fsp3) is 0.389. The van der Waals surface area contributed by atoms with Crippen molar-refractivity contribution in [2.45, 2.75) is 31.8 Å². The van der Waals surface area contributed by atoms with Gasteiger partial charge >= 0.3 is 6.01 Å². The fourth-order valence-electron chi connectivity index (χ4n) is 2.86. The number of carbonyl (C=O) groups excluding carboxylic acids is 1. The van der Waals surface area contributed by atoms with E-state index in [2.05, 4.69) is 9.97 Å². The van der Waals surface area contributed by atoms with Crippen molar-refractivity contribution in [3.8, 4) is 6.01 Å². The highest BCUT2D eigenvalue weighted by Crippen LogP contribution is 2.19. The monoisotopic (exact) mass is 363 g/mol. The number of hydrogen-bond acceptors (Lipinski definition) is 4. The number of carbonyl (C=O) groups is 1. The highest BCUT2D eigenvalue weighted by Gasteiger charge is 2.25. The van der Waals surface area contributed by atoms with E-state index in [9.17, 15) is 9.18 Å². The van der Waals surface area contributed by atoms with Gasteiger partial charge in [0.25, 0.3) is 0 Å². The average Bonchev–Trinajstić information content (AvgIpc) is 2.63. The predicted molar refractivity (Wildman–Crippen MR) is 92.0 cm³/mol. The van der Waals surface area contributed by atoms with Crippen molar-refractivity contribution in [3.05, 3.63) is 53.1 Å². The minimum Gasteiger partial charge on any atom is -0.458 e. The summed E-state index contributed by atoms with van der Waals surface area (Å²) in [5, 5.41) is 0.0826. The lowest BCUT2D eigenvalue weighted by atomic mass is 10.1. The molecule has 132 valence electrons. The Kier molecular flexibility index (Phi) is 5.81. The van der Waals surface area contributed by atoms with Crippen LogP contribution in [0.15, 0.2) is 36.7 Å². The van der Waals surface area contributed by atoms with Crippen LogP contribution in [0.2, 0.25) is 5.02 Å². The van der Waals surface area contributed by atoms with Crippen molar-refractivity contribution >= 4 is 17.5 Å². The van der Waals surface area contributed by atoms with E-state index in [0.717, 1.165) is 24.9 Å². The summed E-state index contributed by atoms with van der Waals surface area (Å²) in [6, 6.07) is 6.61. The fourth-order valence-corrected chi connectivity index (χ4v) is 3.06. The third-order valence-corrected chi connectivity index (χ3v) is 4.45. The van der Waals surface area contributed by atoms with E-state index in [1.807, 2.05) is 4.90 Å².